The fourth-order valence-corrected chi connectivity index (χ4v) is 3.18. The van der Waals surface area contributed by atoms with Crippen LogP contribution in [0, 0.1) is 0 Å². The van der Waals surface area contributed by atoms with Gasteiger partial charge >= 0.3 is 11.9 Å². The van der Waals surface area contributed by atoms with Crippen molar-refractivity contribution in [3.05, 3.63) is 69.7 Å². The Morgan fingerprint density at radius 3 is 1.71 bits per heavy atom. The number of halogens is 2. The van der Waals surface area contributed by atoms with Gasteiger partial charge < -0.3 is 15.9 Å². The molecule has 28 heavy (non-hydrogen) atoms. The van der Waals surface area contributed by atoms with Crippen LogP contribution in [0.2, 0.25) is 10.0 Å². The highest BCUT2D eigenvalue weighted by atomic mass is 35.5. The summed E-state index contributed by atoms with van der Waals surface area (Å²) in [6.45, 7) is 0. The van der Waals surface area contributed by atoms with E-state index in [9.17, 15) is 18.0 Å². The lowest BCUT2D eigenvalue weighted by molar-refractivity contribution is -0.139. The third kappa shape index (κ3) is 7.45. The number of nitrogens with one attached hydrogen (secondary N) is 1. The highest BCUT2D eigenvalue weighted by molar-refractivity contribution is 7.88. The van der Waals surface area contributed by atoms with Crippen molar-refractivity contribution in [3.8, 4) is 0 Å². The van der Waals surface area contributed by atoms with Gasteiger partial charge in [-0.1, -0.05) is 59.6 Å². The third-order valence-corrected chi connectivity index (χ3v) is 4.65. The smallest absolute Gasteiger partial charge is 0.326 e. The first-order valence-electron chi connectivity index (χ1n) is 7.61. The van der Waals surface area contributed by atoms with Gasteiger partial charge in [-0.2, -0.15) is 4.72 Å². The Kier molecular flexibility index (Phi) is 8.86. The van der Waals surface area contributed by atoms with Crippen LogP contribution in [0.3, 0.4) is 0 Å². The van der Waals surface area contributed by atoms with E-state index in [1.54, 1.807) is 36.4 Å². The van der Waals surface area contributed by atoms with Crippen molar-refractivity contribution in [2.24, 2.45) is 5.73 Å². The Morgan fingerprint density at radius 1 is 0.929 bits per heavy atom. The van der Waals surface area contributed by atoms with E-state index >= 15 is 0 Å². The van der Waals surface area contributed by atoms with E-state index in [4.69, 9.17) is 39.1 Å². The van der Waals surface area contributed by atoms with Crippen LogP contribution < -0.4 is 10.5 Å². The molecule has 0 saturated heterocycles. The van der Waals surface area contributed by atoms with E-state index < -0.39 is 34.0 Å². The van der Waals surface area contributed by atoms with Crippen molar-refractivity contribution in [2.45, 2.75) is 12.1 Å². The first-order chi connectivity index (χ1) is 12.9. The van der Waals surface area contributed by atoms with E-state index in [1.807, 2.05) is 4.72 Å². The number of hydrogen-bond acceptors (Lipinski definition) is 5. The summed E-state index contributed by atoms with van der Waals surface area (Å²) >= 11 is 11.5. The Balaban J connectivity index is 0.000000292. The zero-order valence-electron chi connectivity index (χ0n) is 14.5. The summed E-state index contributed by atoms with van der Waals surface area (Å²) in [5, 5.41) is 18.1. The summed E-state index contributed by atoms with van der Waals surface area (Å²) in [4.78, 5) is 21.4. The fourth-order valence-electron chi connectivity index (χ4n) is 2.03. The molecule has 0 amide bonds. The van der Waals surface area contributed by atoms with E-state index in [-0.39, 0.29) is 10.6 Å². The van der Waals surface area contributed by atoms with Gasteiger partial charge in [0, 0.05) is 10.0 Å². The maximum atomic E-state index is 11.0. The van der Waals surface area contributed by atoms with Gasteiger partial charge in [0.25, 0.3) is 0 Å². The van der Waals surface area contributed by atoms with Gasteiger partial charge in [0.2, 0.25) is 10.0 Å². The summed E-state index contributed by atoms with van der Waals surface area (Å²) < 4.78 is 24.0. The topological polar surface area (TPSA) is 147 Å². The molecule has 152 valence electrons. The van der Waals surface area contributed by atoms with Gasteiger partial charge in [-0.15, -0.1) is 0 Å². The van der Waals surface area contributed by atoms with Crippen LogP contribution in [-0.2, 0) is 19.6 Å². The summed E-state index contributed by atoms with van der Waals surface area (Å²) in [6, 6.07) is 10.4. The van der Waals surface area contributed by atoms with E-state index in [0.29, 0.717) is 10.6 Å². The molecule has 0 heterocycles. The number of carboxylic acid groups (broad SMARTS) is 2. The average Bonchev–Trinajstić information content (AvgIpc) is 2.60. The first-order valence-corrected chi connectivity index (χ1v) is 10.3. The normalized spacial score (nSPS) is 13.0. The van der Waals surface area contributed by atoms with Crippen LogP contribution in [0.15, 0.2) is 48.5 Å². The minimum Gasteiger partial charge on any atom is -0.480 e. The molecule has 5 N–H and O–H groups in total. The lowest BCUT2D eigenvalue weighted by Gasteiger charge is -2.14. The Labute approximate surface area is 171 Å². The molecule has 0 aliphatic carbocycles. The zero-order chi connectivity index (χ0) is 21.5. The molecule has 0 aliphatic rings. The summed E-state index contributed by atoms with van der Waals surface area (Å²) in [7, 11) is -3.62. The lowest BCUT2D eigenvalue weighted by atomic mass is 10.1. The van der Waals surface area contributed by atoms with Gasteiger partial charge in [-0.3, -0.25) is 9.59 Å². The molecule has 0 fully saturated rings. The van der Waals surface area contributed by atoms with Gasteiger partial charge in [0.15, 0.2) is 0 Å². The highest BCUT2D eigenvalue weighted by Crippen LogP contribution is 2.23. The molecule has 8 nitrogen and oxygen atoms in total. The fraction of sp³-hybridized carbons (Fsp3) is 0.176. The van der Waals surface area contributed by atoms with Gasteiger partial charge in [-0.05, 0) is 23.3 Å². The van der Waals surface area contributed by atoms with Crippen molar-refractivity contribution in [1.29, 1.82) is 0 Å². The second-order valence-electron chi connectivity index (χ2n) is 5.52. The van der Waals surface area contributed by atoms with Crippen LogP contribution >= 0.6 is 23.2 Å². The number of aliphatic carboxylic acids is 2. The van der Waals surface area contributed by atoms with Crippen molar-refractivity contribution in [2.75, 3.05) is 6.26 Å². The Morgan fingerprint density at radius 2 is 1.36 bits per heavy atom. The van der Waals surface area contributed by atoms with Crippen LogP contribution in [0.5, 0.6) is 0 Å². The van der Waals surface area contributed by atoms with Gasteiger partial charge in [0.05, 0.1) is 6.26 Å². The molecule has 0 radical (unpaired) electrons. The maximum Gasteiger partial charge on any atom is 0.326 e. The number of hydrogen-bond donors (Lipinski definition) is 4. The first kappa shape index (κ1) is 23.9. The molecule has 0 aromatic heterocycles. The van der Waals surface area contributed by atoms with Crippen molar-refractivity contribution >= 4 is 45.2 Å². The number of nitrogens with two attached hydrogens (primary N) is 1. The second kappa shape index (κ2) is 10.4. The summed E-state index contributed by atoms with van der Waals surface area (Å²) in [5.74, 6) is -2.39. The van der Waals surface area contributed by atoms with E-state index in [0.717, 1.165) is 6.26 Å². The predicted molar refractivity (Wildman–Crippen MR) is 106 cm³/mol. The number of rotatable bonds is 6. The quantitative estimate of drug-likeness (QED) is 0.530. The van der Waals surface area contributed by atoms with E-state index in [1.165, 1.54) is 12.1 Å². The molecule has 0 spiro atoms. The summed E-state index contributed by atoms with van der Waals surface area (Å²) in [5.41, 5.74) is 6.00. The standard InChI is InChI=1S/C9H10ClNO4S.C8H8ClNO2/c1-16(14,15)11-8(9(12)13)6-4-2-3-5-7(6)10;9-6-4-2-1-3-5(6)7(10)8(11)12/h2-5,8,11H,1H3,(H,12,13);1-4,7H,10H2,(H,11,12). The monoisotopic (exact) mass is 448 g/mol. The zero-order valence-corrected chi connectivity index (χ0v) is 16.9. The molecule has 2 aromatic rings. The minimum atomic E-state index is -3.62. The molecule has 0 saturated carbocycles. The summed E-state index contributed by atoms with van der Waals surface area (Å²) in [6.07, 6.45) is 0.889. The average molecular weight is 449 g/mol. The Hall–Kier alpha value is -2.17. The van der Waals surface area contributed by atoms with Crippen molar-refractivity contribution in [3.63, 3.8) is 0 Å². The largest absolute Gasteiger partial charge is 0.480 e. The van der Waals surface area contributed by atoms with E-state index in [2.05, 4.69) is 0 Å². The number of carbonyl (C=O) groups is 2. The molecule has 2 rings (SSSR count). The second-order valence-corrected chi connectivity index (χ2v) is 8.11. The Bertz CT molecular complexity index is 952. The van der Waals surface area contributed by atoms with Gasteiger partial charge in [0.1, 0.15) is 12.1 Å². The van der Waals surface area contributed by atoms with Crippen LogP contribution in [0.1, 0.15) is 23.2 Å². The molecule has 2 atom stereocenters. The SMILES string of the molecule is CS(=O)(=O)NC(C(=O)O)c1ccccc1Cl.NC(C(=O)O)c1ccccc1Cl. The molecule has 2 unspecified atom stereocenters. The van der Waals surface area contributed by atoms with Crippen molar-refractivity contribution in [1.82, 2.24) is 4.72 Å². The lowest BCUT2D eigenvalue weighted by Crippen LogP contribution is -2.33. The van der Waals surface area contributed by atoms with Crippen LogP contribution in [-0.4, -0.2) is 36.8 Å². The third-order valence-electron chi connectivity index (χ3n) is 3.30. The maximum absolute atomic E-state index is 11.0. The molecule has 11 heteroatoms. The molecule has 0 bridgehead atoms. The van der Waals surface area contributed by atoms with Crippen LogP contribution in [0.25, 0.3) is 0 Å². The highest BCUT2D eigenvalue weighted by Gasteiger charge is 2.25. The minimum absolute atomic E-state index is 0.200. The number of sulfonamides is 1. The number of benzene rings is 2. The van der Waals surface area contributed by atoms with Crippen LogP contribution in [0.4, 0.5) is 0 Å². The number of carboxylic acids is 2. The molecular formula is C17H18Cl2N2O6S. The molecular weight excluding hydrogens is 431 g/mol. The van der Waals surface area contributed by atoms with Gasteiger partial charge in [-0.25, -0.2) is 8.42 Å². The molecule has 2 aromatic carbocycles. The molecule has 0 aliphatic heterocycles. The predicted octanol–water partition coefficient (Wildman–Crippen LogP) is 2.44. The van der Waals surface area contributed by atoms with Crippen molar-refractivity contribution < 1.29 is 28.2 Å².